The first kappa shape index (κ1) is 11.2. The van der Waals surface area contributed by atoms with Crippen molar-refractivity contribution in [3.8, 4) is 0 Å². The van der Waals surface area contributed by atoms with Gasteiger partial charge in [-0.15, -0.1) is 5.10 Å². The number of nitrogens with zero attached hydrogens (tertiary/aromatic N) is 3. The zero-order valence-corrected chi connectivity index (χ0v) is 9.75. The summed E-state index contributed by atoms with van der Waals surface area (Å²) in [5.74, 6) is 0. The highest BCUT2D eigenvalue weighted by molar-refractivity contribution is 5.10. The van der Waals surface area contributed by atoms with E-state index in [1.807, 2.05) is 4.68 Å². The molecule has 0 spiro atoms. The highest BCUT2D eigenvalue weighted by Crippen LogP contribution is 2.14. The van der Waals surface area contributed by atoms with Crippen LogP contribution in [0.5, 0.6) is 0 Å². The van der Waals surface area contributed by atoms with E-state index in [-0.39, 0.29) is 0 Å². The molecule has 1 heterocycles. The van der Waals surface area contributed by atoms with Gasteiger partial charge in [0.05, 0.1) is 11.4 Å². The Bertz CT molecular complexity index is 276. The SMILES string of the molecule is CCCCc1nnn(C(C)C)c1CC. The van der Waals surface area contributed by atoms with E-state index in [2.05, 4.69) is 38.0 Å². The lowest BCUT2D eigenvalue weighted by Gasteiger charge is -2.08. The lowest BCUT2D eigenvalue weighted by molar-refractivity contribution is 0.496. The van der Waals surface area contributed by atoms with E-state index in [0.29, 0.717) is 6.04 Å². The topological polar surface area (TPSA) is 30.7 Å². The highest BCUT2D eigenvalue weighted by atomic mass is 15.4. The first-order valence-corrected chi connectivity index (χ1v) is 5.63. The molecule has 0 saturated heterocycles. The number of unbranched alkanes of at least 4 members (excludes halogenated alkanes) is 1. The first-order valence-electron chi connectivity index (χ1n) is 5.63. The average Bonchev–Trinajstić information content (AvgIpc) is 2.57. The molecule has 1 aromatic heterocycles. The Balaban J connectivity index is 2.84. The maximum atomic E-state index is 4.26. The molecule has 0 N–H and O–H groups in total. The van der Waals surface area contributed by atoms with Crippen LogP contribution in [-0.4, -0.2) is 15.0 Å². The molecule has 1 rings (SSSR count). The van der Waals surface area contributed by atoms with Crippen LogP contribution in [-0.2, 0) is 12.8 Å². The molecule has 1 aromatic rings. The van der Waals surface area contributed by atoms with E-state index in [0.717, 1.165) is 12.8 Å². The number of hydrogen-bond donors (Lipinski definition) is 0. The molecule has 80 valence electrons. The monoisotopic (exact) mass is 195 g/mol. The summed E-state index contributed by atoms with van der Waals surface area (Å²) in [6.07, 6.45) is 4.54. The minimum atomic E-state index is 0.424. The number of rotatable bonds is 5. The zero-order valence-electron chi connectivity index (χ0n) is 9.75. The molecular formula is C11H21N3. The van der Waals surface area contributed by atoms with E-state index < -0.39 is 0 Å². The Morgan fingerprint density at radius 1 is 1.29 bits per heavy atom. The van der Waals surface area contributed by atoms with Crippen LogP contribution in [0.15, 0.2) is 0 Å². The Morgan fingerprint density at radius 2 is 2.00 bits per heavy atom. The minimum absolute atomic E-state index is 0.424. The van der Waals surface area contributed by atoms with E-state index in [1.165, 1.54) is 24.2 Å². The number of aryl methyl sites for hydroxylation is 1. The van der Waals surface area contributed by atoms with Crippen LogP contribution in [0.2, 0.25) is 0 Å². The molecule has 0 amide bonds. The van der Waals surface area contributed by atoms with Crippen molar-refractivity contribution < 1.29 is 0 Å². The van der Waals surface area contributed by atoms with Crippen molar-refractivity contribution in [3.63, 3.8) is 0 Å². The Labute approximate surface area is 86.5 Å². The van der Waals surface area contributed by atoms with Crippen LogP contribution in [0.1, 0.15) is 58.0 Å². The number of hydrogen-bond acceptors (Lipinski definition) is 2. The molecule has 0 aliphatic carbocycles. The fourth-order valence-corrected chi connectivity index (χ4v) is 1.67. The second-order valence-corrected chi connectivity index (χ2v) is 3.98. The summed E-state index contributed by atoms with van der Waals surface area (Å²) < 4.78 is 2.05. The standard InChI is InChI=1S/C11H21N3/c1-5-7-8-10-11(6-2)14(9(3)4)13-12-10/h9H,5-8H2,1-4H3. The van der Waals surface area contributed by atoms with E-state index in [4.69, 9.17) is 0 Å². The average molecular weight is 195 g/mol. The molecule has 0 aromatic carbocycles. The normalized spacial score (nSPS) is 11.2. The minimum Gasteiger partial charge on any atom is -0.247 e. The quantitative estimate of drug-likeness (QED) is 0.723. The summed E-state index contributed by atoms with van der Waals surface area (Å²) >= 11 is 0. The van der Waals surface area contributed by atoms with Gasteiger partial charge in [-0.25, -0.2) is 4.68 Å². The van der Waals surface area contributed by atoms with Crippen molar-refractivity contribution in [3.05, 3.63) is 11.4 Å². The summed E-state index contributed by atoms with van der Waals surface area (Å²) in [6, 6.07) is 0.424. The lowest BCUT2D eigenvalue weighted by Crippen LogP contribution is -2.07. The van der Waals surface area contributed by atoms with Gasteiger partial charge in [0.1, 0.15) is 0 Å². The molecular weight excluding hydrogens is 174 g/mol. The van der Waals surface area contributed by atoms with Gasteiger partial charge >= 0.3 is 0 Å². The summed E-state index contributed by atoms with van der Waals surface area (Å²) in [5, 5.41) is 8.46. The third-order valence-electron chi connectivity index (χ3n) is 2.46. The molecule has 0 saturated carbocycles. The van der Waals surface area contributed by atoms with Crippen LogP contribution in [0.4, 0.5) is 0 Å². The first-order chi connectivity index (χ1) is 6.70. The second kappa shape index (κ2) is 5.13. The van der Waals surface area contributed by atoms with Crippen LogP contribution in [0.3, 0.4) is 0 Å². The zero-order chi connectivity index (χ0) is 10.6. The fraction of sp³-hybridized carbons (Fsp3) is 0.818. The van der Waals surface area contributed by atoms with E-state index >= 15 is 0 Å². The van der Waals surface area contributed by atoms with Gasteiger partial charge in [-0.05, 0) is 33.1 Å². The lowest BCUT2D eigenvalue weighted by atomic mass is 10.1. The molecule has 0 unspecified atom stereocenters. The molecule has 0 atom stereocenters. The Kier molecular flexibility index (Phi) is 4.11. The van der Waals surface area contributed by atoms with Crippen molar-refractivity contribution >= 4 is 0 Å². The van der Waals surface area contributed by atoms with Crippen LogP contribution in [0, 0.1) is 0 Å². The van der Waals surface area contributed by atoms with Gasteiger partial charge in [0, 0.05) is 6.04 Å². The predicted molar refractivity (Wildman–Crippen MR) is 58.4 cm³/mol. The van der Waals surface area contributed by atoms with Crippen molar-refractivity contribution in [2.24, 2.45) is 0 Å². The number of aromatic nitrogens is 3. The smallest absolute Gasteiger partial charge is 0.0859 e. The third-order valence-corrected chi connectivity index (χ3v) is 2.46. The van der Waals surface area contributed by atoms with Crippen molar-refractivity contribution in [1.29, 1.82) is 0 Å². The van der Waals surface area contributed by atoms with Gasteiger partial charge in [-0.3, -0.25) is 0 Å². The van der Waals surface area contributed by atoms with Crippen LogP contribution >= 0.6 is 0 Å². The Morgan fingerprint density at radius 3 is 2.50 bits per heavy atom. The van der Waals surface area contributed by atoms with Gasteiger partial charge in [-0.1, -0.05) is 25.5 Å². The van der Waals surface area contributed by atoms with Crippen molar-refractivity contribution in [2.75, 3.05) is 0 Å². The summed E-state index contributed by atoms with van der Waals surface area (Å²) in [4.78, 5) is 0. The van der Waals surface area contributed by atoms with Gasteiger partial charge in [0.15, 0.2) is 0 Å². The van der Waals surface area contributed by atoms with Crippen LogP contribution in [0.25, 0.3) is 0 Å². The summed E-state index contributed by atoms with van der Waals surface area (Å²) in [5.41, 5.74) is 2.51. The summed E-state index contributed by atoms with van der Waals surface area (Å²) in [7, 11) is 0. The molecule has 0 fully saturated rings. The van der Waals surface area contributed by atoms with E-state index in [1.54, 1.807) is 0 Å². The molecule has 0 aliphatic rings. The van der Waals surface area contributed by atoms with Gasteiger partial charge in [-0.2, -0.15) is 0 Å². The third kappa shape index (κ3) is 2.34. The maximum absolute atomic E-state index is 4.26. The largest absolute Gasteiger partial charge is 0.247 e. The van der Waals surface area contributed by atoms with Gasteiger partial charge < -0.3 is 0 Å². The van der Waals surface area contributed by atoms with Gasteiger partial charge in [0.25, 0.3) is 0 Å². The molecule has 0 bridgehead atoms. The molecule has 0 radical (unpaired) electrons. The predicted octanol–water partition coefficient (Wildman–Crippen LogP) is 2.76. The molecule has 0 aliphatic heterocycles. The summed E-state index contributed by atoms with van der Waals surface area (Å²) in [6.45, 7) is 8.68. The molecule has 3 nitrogen and oxygen atoms in total. The van der Waals surface area contributed by atoms with Crippen LogP contribution < -0.4 is 0 Å². The Hall–Kier alpha value is -0.860. The van der Waals surface area contributed by atoms with Gasteiger partial charge in [0.2, 0.25) is 0 Å². The molecule has 14 heavy (non-hydrogen) atoms. The fourth-order valence-electron chi connectivity index (χ4n) is 1.67. The molecule has 3 heteroatoms. The van der Waals surface area contributed by atoms with E-state index in [9.17, 15) is 0 Å². The van der Waals surface area contributed by atoms with Crippen molar-refractivity contribution in [2.45, 2.75) is 59.4 Å². The van der Waals surface area contributed by atoms with Crippen molar-refractivity contribution in [1.82, 2.24) is 15.0 Å². The second-order valence-electron chi connectivity index (χ2n) is 3.98. The highest BCUT2D eigenvalue weighted by Gasteiger charge is 2.12. The maximum Gasteiger partial charge on any atom is 0.0859 e.